The molecule has 2 rings (SSSR count). The van der Waals surface area contributed by atoms with Crippen molar-refractivity contribution in [1.29, 1.82) is 0 Å². The predicted octanol–water partition coefficient (Wildman–Crippen LogP) is 0.514. The second kappa shape index (κ2) is 4.31. The molecule has 6 nitrogen and oxygen atoms in total. The summed E-state index contributed by atoms with van der Waals surface area (Å²) in [6, 6.07) is 1.80. The fourth-order valence-corrected chi connectivity index (χ4v) is 1.00. The Bertz CT molecular complexity index is 360. The van der Waals surface area contributed by atoms with Gasteiger partial charge in [0, 0.05) is 19.2 Å². The molecule has 14 heavy (non-hydrogen) atoms. The lowest BCUT2D eigenvalue weighted by atomic mass is 10.4. The molecule has 2 aromatic heterocycles. The van der Waals surface area contributed by atoms with Crippen molar-refractivity contribution in [3.8, 4) is 0 Å². The van der Waals surface area contributed by atoms with E-state index in [1.165, 1.54) is 12.7 Å². The van der Waals surface area contributed by atoms with Gasteiger partial charge in [-0.1, -0.05) is 5.16 Å². The molecule has 0 fully saturated rings. The van der Waals surface area contributed by atoms with E-state index >= 15 is 0 Å². The molecule has 6 heteroatoms. The van der Waals surface area contributed by atoms with Crippen molar-refractivity contribution in [2.75, 3.05) is 11.9 Å². The van der Waals surface area contributed by atoms with E-state index in [9.17, 15) is 0 Å². The minimum Gasteiger partial charge on any atom is -0.370 e. The van der Waals surface area contributed by atoms with Crippen LogP contribution in [0.1, 0.15) is 5.82 Å². The Morgan fingerprint density at radius 3 is 3.07 bits per heavy atom. The van der Waals surface area contributed by atoms with Gasteiger partial charge in [-0.2, -0.15) is 4.98 Å². The van der Waals surface area contributed by atoms with Gasteiger partial charge < -0.3 is 9.84 Å². The van der Waals surface area contributed by atoms with Crippen LogP contribution in [0.25, 0.3) is 0 Å². The fraction of sp³-hybridized carbons (Fsp3) is 0.250. The molecule has 0 aromatic carbocycles. The van der Waals surface area contributed by atoms with E-state index in [1.54, 1.807) is 12.3 Å². The van der Waals surface area contributed by atoms with E-state index in [2.05, 4.69) is 29.9 Å². The number of nitrogens with one attached hydrogen (secondary N) is 1. The second-order valence-electron chi connectivity index (χ2n) is 2.62. The maximum Gasteiger partial charge on any atom is 0.213 e. The minimum absolute atomic E-state index is 0.687. The van der Waals surface area contributed by atoms with Gasteiger partial charge in [0.2, 0.25) is 6.39 Å². The summed E-state index contributed by atoms with van der Waals surface area (Å²) in [5, 5.41) is 6.80. The Morgan fingerprint density at radius 2 is 2.36 bits per heavy atom. The van der Waals surface area contributed by atoms with E-state index in [4.69, 9.17) is 0 Å². The van der Waals surface area contributed by atoms with Gasteiger partial charge in [0.15, 0.2) is 5.82 Å². The maximum absolute atomic E-state index is 4.60. The monoisotopic (exact) mass is 191 g/mol. The van der Waals surface area contributed by atoms with Crippen LogP contribution in [0, 0.1) is 0 Å². The largest absolute Gasteiger partial charge is 0.370 e. The highest BCUT2D eigenvalue weighted by atomic mass is 16.5. The summed E-state index contributed by atoms with van der Waals surface area (Å²) in [5.74, 6) is 1.48. The van der Waals surface area contributed by atoms with E-state index in [0.717, 1.165) is 12.4 Å². The van der Waals surface area contributed by atoms with E-state index in [0.29, 0.717) is 12.2 Å². The van der Waals surface area contributed by atoms with Crippen molar-refractivity contribution in [3.63, 3.8) is 0 Å². The molecule has 0 unspecified atom stereocenters. The first-order valence-corrected chi connectivity index (χ1v) is 4.20. The standard InChI is InChI=1S/C8H9N5O/c1-3-9-5-11-7(1)10-4-2-8-12-6-14-13-8/h1,3,5-6H,2,4H2,(H,9,10,11). The Balaban J connectivity index is 1.79. The molecule has 1 N–H and O–H groups in total. The Morgan fingerprint density at radius 1 is 1.36 bits per heavy atom. The van der Waals surface area contributed by atoms with Gasteiger partial charge in [0.05, 0.1) is 0 Å². The molecule has 0 aliphatic rings. The highest BCUT2D eigenvalue weighted by molar-refractivity contribution is 5.31. The first-order chi connectivity index (χ1) is 6.95. The molecule has 2 heterocycles. The molecule has 0 amide bonds. The zero-order valence-electron chi connectivity index (χ0n) is 7.42. The van der Waals surface area contributed by atoms with Gasteiger partial charge in [-0.25, -0.2) is 9.97 Å². The summed E-state index contributed by atoms with van der Waals surface area (Å²) >= 11 is 0. The Kier molecular flexibility index (Phi) is 2.65. The normalized spacial score (nSPS) is 10.0. The lowest BCUT2D eigenvalue weighted by Gasteiger charge is -2.01. The third-order valence-corrected chi connectivity index (χ3v) is 1.64. The van der Waals surface area contributed by atoms with Crippen LogP contribution in [0.3, 0.4) is 0 Å². The predicted molar refractivity (Wildman–Crippen MR) is 48.5 cm³/mol. The van der Waals surface area contributed by atoms with Gasteiger partial charge in [0.1, 0.15) is 12.1 Å². The molecule has 0 spiro atoms. The first-order valence-electron chi connectivity index (χ1n) is 4.20. The molecular formula is C8H9N5O. The minimum atomic E-state index is 0.687. The van der Waals surface area contributed by atoms with Crippen LogP contribution in [-0.4, -0.2) is 26.7 Å². The molecule has 72 valence electrons. The van der Waals surface area contributed by atoms with Gasteiger partial charge in [-0.3, -0.25) is 0 Å². The van der Waals surface area contributed by atoms with E-state index < -0.39 is 0 Å². The molecule has 0 radical (unpaired) electrons. The van der Waals surface area contributed by atoms with Crippen LogP contribution >= 0.6 is 0 Å². The molecule has 0 bridgehead atoms. The van der Waals surface area contributed by atoms with Crippen LogP contribution in [0.4, 0.5) is 5.82 Å². The summed E-state index contributed by atoms with van der Waals surface area (Å²) in [6.07, 6.45) is 5.21. The van der Waals surface area contributed by atoms with Crippen molar-refractivity contribution in [2.45, 2.75) is 6.42 Å². The Hall–Kier alpha value is -1.98. The molecular weight excluding hydrogens is 182 g/mol. The molecule has 0 aliphatic heterocycles. The van der Waals surface area contributed by atoms with Crippen LogP contribution in [-0.2, 0) is 6.42 Å². The molecule has 0 saturated carbocycles. The quantitative estimate of drug-likeness (QED) is 0.758. The van der Waals surface area contributed by atoms with Gasteiger partial charge in [0.25, 0.3) is 0 Å². The van der Waals surface area contributed by atoms with Crippen molar-refractivity contribution in [1.82, 2.24) is 20.1 Å². The van der Waals surface area contributed by atoms with Crippen molar-refractivity contribution < 1.29 is 4.52 Å². The summed E-state index contributed by atoms with van der Waals surface area (Å²) in [6.45, 7) is 0.719. The van der Waals surface area contributed by atoms with E-state index in [-0.39, 0.29) is 0 Å². The average Bonchev–Trinajstić information content (AvgIpc) is 2.72. The third-order valence-electron chi connectivity index (χ3n) is 1.64. The number of nitrogens with zero attached hydrogens (tertiary/aromatic N) is 4. The van der Waals surface area contributed by atoms with Crippen LogP contribution in [0.15, 0.2) is 29.5 Å². The number of hydrogen-bond donors (Lipinski definition) is 1. The summed E-state index contributed by atoms with van der Waals surface area (Å²) in [4.78, 5) is 11.7. The summed E-state index contributed by atoms with van der Waals surface area (Å²) in [7, 11) is 0. The second-order valence-corrected chi connectivity index (χ2v) is 2.62. The smallest absolute Gasteiger partial charge is 0.213 e. The average molecular weight is 191 g/mol. The zero-order chi connectivity index (χ0) is 9.64. The maximum atomic E-state index is 4.60. The highest BCUT2D eigenvalue weighted by Gasteiger charge is 1.97. The van der Waals surface area contributed by atoms with Crippen molar-refractivity contribution in [3.05, 3.63) is 30.8 Å². The third kappa shape index (κ3) is 2.25. The SMILES string of the molecule is c1cc(NCCc2ncon2)ncn1. The van der Waals surface area contributed by atoms with Gasteiger partial charge >= 0.3 is 0 Å². The zero-order valence-corrected chi connectivity index (χ0v) is 7.42. The highest BCUT2D eigenvalue weighted by Crippen LogP contribution is 1.98. The van der Waals surface area contributed by atoms with Crippen LogP contribution in [0.2, 0.25) is 0 Å². The number of rotatable bonds is 4. The Labute approximate surface area is 80.4 Å². The molecule has 0 saturated heterocycles. The summed E-state index contributed by atoms with van der Waals surface area (Å²) < 4.78 is 4.60. The molecule has 0 atom stereocenters. The lowest BCUT2D eigenvalue weighted by molar-refractivity contribution is 0.410. The molecule has 2 aromatic rings. The summed E-state index contributed by atoms with van der Waals surface area (Å²) in [5.41, 5.74) is 0. The molecule has 0 aliphatic carbocycles. The topological polar surface area (TPSA) is 76.7 Å². The van der Waals surface area contributed by atoms with Crippen molar-refractivity contribution >= 4 is 5.82 Å². The van der Waals surface area contributed by atoms with Crippen LogP contribution in [0.5, 0.6) is 0 Å². The van der Waals surface area contributed by atoms with Crippen molar-refractivity contribution in [2.24, 2.45) is 0 Å². The lowest BCUT2D eigenvalue weighted by Crippen LogP contribution is -2.06. The number of hydrogen-bond acceptors (Lipinski definition) is 6. The van der Waals surface area contributed by atoms with Crippen LogP contribution < -0.4 is 5.32 Å². The van der Waals surface area contributed by atoms with Gasteiger partial charge in [-0.05, 0) is 6.07 Å². The number of aromatic nitrogens is 4. The van der Waals surface area contributed by atoms with E-state index in [1.807, 2.05) is 0 Å². The number of anilines is 1. The first kappa shape index (κ1) is 8.61. The van der Waals surface area contributed by atoms with Gasteiger partial charge in [-0.15, -0.1) is 0 Å². The fourth-order valence-electron chi connectivity index (χ4n) is 1.00.